The number of amides is 1. The highest BCUT2D eigenvalue weighted by Crippen LogP contribution is 2.58. The van der Waals surface area contributed by atoms with Crippen molar-refractivity contribution in [3.63, 3.8) is 0 Å². The number of carbonyl (C=O) groups is 1. The fraction of sp³-hybridized carbons (Fsp3) is 0.435. The van der Waals surface area contributed by atoms with E-state index in [1.807, 2.05) is 11.8 Å². The molecule has 2 saturated carbocycles. The number of rotatable bonds is 4. The van der Waals surface area contributed by atoms with Gasteiger partial charge >= 0.3 is 0 Å². The molecule has 1 aromatic carbocycles. The van der Waals surface area contributed by atoms with E-state index in [-0.39, 0.29) is 11.4 Å². The molecule has 2 aromatic heterocycles. The van der Waals surface area contributed by atoms with Crippen LogP contribution in [0.2, 0.25) is 0 Å². The zero-order chi connectivity index (χ0) is 19.8. The van der Waals surface area contributed by atoms with Gasteiger partial charge in [0.2, 0.25) is 5.71 Å². The van der Waals surface area contributed by atoms with Crippen LogP contribution in [0.15, 0.2) is 41.1 Å². The highest BCUT2D eigenvalue weighted by Gasteiger charge is 2.57. The van der Waals surface area contributed by atoms with E-state index in [9.17, 15) is 4.79 Å². The van der Waals surface area contributed by atoms with Crippen LogP contribution in [0, 0.1) is 18.8 Å². The maximum Gasteiger partial charge on any atom is 0.258 e. The monoisotopic (exact) mass is 388 g/mol. The molecule has 3 fully saturated rings. The molecule has 29 heavy (non-hydrogen) atoms. The Balaban J connectivity index is 1.28. The lowest BCUT2D eigenvalue weighted by Gasteiger charge is -2.20. The molecule has 3 aliphatic rings. The summed E-state index contributed by atoms with van der Waals surface area (Å²) in [7, 11) is 0. The lowest BCUT2D eigenvalue weighted by atomic mass is 10.1. The largest absolute Gasteiger partial charge is 0.442 e. The standard InChI is InChI=1S/C23H24N4O2/c1-13-17(19-20(26-23(2)8-9-23)24-12-25-21(19)29-13)22(28)27-10-15-16(11-27)18(15)14-6-4-3-5-7-14/h3-7,12,15-16,18H,8-11H2,1-2H3,(H,24,25,26). The van der Waals surface area contributed by atoms with Crippen molar-refractivity contribution in [1.82, 2.24) is 14.9 Å². The van der Waals surface area contributed by atoms with Crippen molar-refractivity contribution in [1.29, 1.82) is 0 Å². The summed E-state index contributed by atoms with van der Waals surface area (Å²) in [4.78, 5) is 24.2. The molecule has 2 atom stereocenters. The van der Waals surface area contributed by atoms with Gasteiger partial charge < -0.3 is 14.6 Å². The smallest absolute Gasteiger partial charge is 0.258 e. The summed E-state index contributed by atoms with van der Waals surface area (Å²) in [5, 5.41) is 4.22. The number of aromatic nitrogens is 2. The summed E-state index contributed by atoms with van der Waals surface area (Å²) in [6.07, 6.45) is 3.72. The maximum absolute atomic E-state index is 13.5. The molecule has 0 spiro atoms. The summed E-state index contributed by atoms with van der Waals surface area (Å²) in [6, 6.07) is 10.7. The highest BCUT2D eigenvalue weighted by atomic mass is 16.3. The van der Waals surface area contributed by atoms with Gasteiger partial charge in [-0.25, -0.2) is 9.97 Å². The summed E-state index contributed by atoms with van der Waals surface area (Å²) in [5.41, 5.74) is 2.56. The minimum absolute atomic E-state index is 0.0408. The minimum atomic E-state index is 0.0408. The number of carbonyl (C=O) groups excluding carboxylic acids is 1. The summed E-state index contributed by atoms with van der Waals surface area (Å²) in [6.45, 7) is 5.64. The molecule has 3 aromatic rings. The van der Waals surface area contributed by atoms with Crippen LogP contribution in [0.5, 0.6) is 0 Å². The van der Waals surface area contributed by atoms with E-state index in [0.29, 0.717) is 40.6 Å². The second-order valence-corrected chi connectivity index (χ2v) is 9.10. The van der Waals surface area contributed by atoms with Crippen LogP contribution in [0.1, 0.15) is 47.4 Å². The van der Waals surface area contributed by atoms with Crippen LogP contribution >= 0.6 is 0 Å². The third-order valence-electron chi connectivity index (χ3n) is 6.96. The van der Waals surface area contributed by atoms with Gasteiger partial charge in [-0.3, -0.25) is 4.79 Å². The Morgan fingerprint density at radius 3 is 2.59 bits per heavy atom. The Kier molecular flexibility index (Phi) is 3.41. The van der Waals surface area contributed by atoms with Crippen molar-refractivity contribution in [3.05, 3.63) is 53.5 Å². The first-order valence-electron chi connectivity index (χ1n) is 10.4. The van der Waals surface area contributed by atoms with Crippen LogP contribution in [0.4, 0.5) is 5.82 Å². The van der Waals surface area contributed by atoms with Gasteiger partial charge in [0, 0.05) is 18.6 Å². The normalized spacial score (nSPS) is 26.4. The van der Waals surface area contributed by atoms with Crippen LogP contribution in [0.25, 0.3) is 11.1 Å². The topological polar surface area (TPSA) is 71.3 Å². The van der Waals surface area contributed by atoms with Gasteiger partial charge in [0.1, 0.15) is 17.9 Å². The Morgan fingerprint density at radius 2 is 1.90 bits per heavy atom. The van der Waals surface area contributed by atoms with Crippen molar-refractivity contribution in [3.8, 4) is 0 Å². The molecular weight excluding hydrogens is 364 g/mol. The van der Waals surface area contributed by atoms with Crippen LogP contribution in [-0.4, -0.2) is 39.4 Å². The fourth-order valence-corrected chi connectivity index (χ4v) is 5.01. The third kappa shape index (κ3) is 2.65. The number of aryl methyl sites for hydroxylation is 1. The Bertz CT molecular complexity index is 1110. The van der Waals surface area contributed by atoms with Gasteiger partial charge in [-0.05, 0) is 50.0 Å². The molecule has 3 heterocycles. The van der Waals surface area contributed by atoms with E-state index >= 15 is 0 Å². The minimum Gasteiger partial charge on any atom is -0.442 e. The number of nitrogens with one attached hydrogen (secondary N) is 1. The maximum atomic E-state index is 13.5. The molecule has 6 heteroatoms. The molecule has 148 valence electrons. The predicted octanol–water partition coefficient (Wildman–Crippen LogP) is 3.98. The number of benzene rings is 1. The number of hydrogen-bond acceptors (Lipinski definition) is 5. The number of piperidine rings is 1. The van der Waals surface area contributed by atoms with Crippen LogP contribution < -0.4 is 5.32 Å². The van der Waals surface area contributed by atoms with E-state index in [1.54, 1.807) is 0 Å². The Labute approximate surface area is 169 Å². The van der Waals surface area contributed by atoms with Gasteiger partial charge in [-0.1, -0.05) is 30.3 Å². The summed E-state index contributed by atoms with van der Waals surface area (Å²) >= 11 is 0. The van der Waals surface area contributed by atoms with Gasteiger partial charge in [0.25, 0.3) is 5.91 Å². The number of fused-ring (bicyclic) bond motifs is 2. The van der Waals surface area contributed by atoms with E-state index in [4.69, 9.17) is 4.42 Å². The molecule has 1 amide bonds. The molecule has 0 radical (unpaired) electrons. The van der Waals surface area contributed by atoms with E-state index < -0.39 is 0 Å². The molecule has 0 bridgehead atoms. The van der Waals surface area contributed by atoms with E-state index in [2.05, 4.69) is 52.5 Å². The zero-order valence-electron chi connectivity index (χ0n) is 16.7. The van der Waals surface area contributed by atoms with Gasteiger partial charge in [0.15, 0.2) is 0 Å². The van der Waals surface area contributed by atoms with Crippen molar-refractivity contribution < 1.29 is 9.21 Å². The van der Waals surface area contributed by atoms with Gasteiger partial charge in [-0.15, -0.1) is 0 Å². The first-order chi connectivity index (χ1) is 14.0. The number of nitrogens with zero attached hydrogens (tertiary/aromatic N) is 3. The Hall–Kier alpha value is -2.89. The molecule has 2 unspecified atom stereocenters. The average molecular weight is 388 g/mol. The molecule has 6 nitrogen and oxygen atoms in total. The number of hydrogen-bond donors (Lipinski definition) is 1. The van der Waals surface area contributed by atoms with E-state index in [0.717, 1.165) is 31.3 Å². The number of anilines is 1. The molecular formula is C23H24N4O2. The summed E-state index contributed by atoms with van der Waals surface area (Å²) < 4.78 is 5.85. The SMILES string of the molecule is Cc1oc2ncnc(NC3(C)CC3)c2c1C(=O)N1CC2C(C1)C2c1ccccc1. The van der Waals surface area contributed by atoms with Crippen LogP contribution in [-0.2, 0) is 0 Å². The lowest BCUT2D eigenvalue weighted by molar-refractivity contribution is 0.0772. The van der Waals surface area contributed by atoms with E-state index in [1.165, 1.54) is 11.9 Å². The van der Waals surface area contributed by atoms with Crippen molar-refractivity contribution in [2.24, 2.45) is 11.8 Å². The van der Waals surface area contributed by atoms with Crippen LogP contribution in [0.3, 0.4) is 0 Å². The summed E-state index contributed by atoms with van der Waals surface area (Å²) in [5.74, 6) is 3.10. The highest BCUT2D eigenvalue weighted by molar-refractivity contribution is 6.10. The van der Waals surface area contributed by atoms with Crippen molar-refractivity contribution in [2.45, 2.75) is 38.1 Å². The predicted molar refractivity (Wildman–Crippen MR) is 110 cm³/mol. The fourth-order valence-electron chi connectivity index (χ4n) is 5.01. The van der Waals surface area contributed by atoms with Crippen molar-refractivity contribution in [2.75, 3.05) is 18.4 Å². The quantitative estimate of drug-likeness (QED) is 0.732. The molecule has 1 N–H and O–H groups in total. The molecule has 6 rings (SSSR count). The van der Waals surface area contributed by atoms with Crippen molar-refractivity contribution >= 4 is 22.8 Å². The second kappa shape index (κ2) is 5.81. The van der Waals surface area contributed by atoms with Gasteiger partial charge in [0.05, 0.1) is 10.9 Å². The molecule has 1 saturated heterocycles. The molecule has 1 aliphatic heterocycles. The average Bonchev–Trinajstić information content (AvgIpc) is 3.51. The second-order valence-electron chi connectivity index (χ2n) is 9.10. The Morgan fingerprint density at radius 1 is 1.17 bits per heavy atom. The third-order valence-corrected chi connectivity index (χ3v) is 6.96. The molecule has 2 aliphatic carbocycles. The van der Waals surface area contributed by atoms with Gasteiger partial charge in [-0.2, -0.15) is 0 Å². The first-order valence-corrected chi connectivity index (χ1v) is 10.4. The number of likely N-dealkylation sites (tertiary alicyclic amines) is 1. The lowest BCUT2D eigenvalue weighted by Crippen LogP contribution is -2.31. The first kappa shape index (κ1) is 17.0. The zero-order valence-corrected chi connectivity index (χ0v) is 16.7. The number of furan rings is 1.